The number of amides is 2. The molecule has 2 heterocycles. The third kappa shape index (κ3) is 2.94. The second kappa shape index (κ2) is 6.48. The lowest BCUT2D eigenvalue weighted by molar-refractivity contribution is -0.402. The van der Waals surface area contributed by atoms with Crippen LogP contribution in [0.5, 0.6) is 0 Å². The molecule has 0 unspecified atom stereocenters. The lowest BCUT2D eigenvalue weighted by atomic mass is 9.83. The van der Waals surface area contributed by atoms with Gasteiger partial charge in [0.2, 0.25) is 0 Å². The fraction of sp³-hybridized carbons (Fsp3) is 0.538. The second-order valence-corrected chi connectivity index (χ2v) is 5.37. The summed E-state index contributed by atoms with van der Waals surface area (Å²) in [6, 6.07) is -1.45. The zero-order valence-electron chi connectivity index (χ0n) is 13.4. The number of nitrogens with zero attached hydrogens (tertiary/aromatic N) is 2. The Balaban J connectivity index is 2.62. The van der Waals surface area contributed by atoms with Crippen LogP contribution in [-0.4, -0.2) is 52.5 Å². The third-order valence-electron chi connectivity index (χ3n) is 3.92. The van der Waals surface area contributed by atoms with Gasteiger partial charge in [-0.2, -0.15) is 13.2 Å². The normalized spacial score (nSPS) is 26.4. The molecule has 10 nitrogen and oxygen atoms in total. The molecule has 1 saturated heterocycles. The van der Waals surface area contributed by atoms with Gasteiger partial charge in [-0.05, 0) is 13.0 Å². The Hall–Kier alpha value is -2.83. The van der Waals surface area contributed by atoms with E-state index in [1.807, 2.05) is 0 Å². The van der Waals surface area contributed by atoms with Crippen LogP contribution in [-0.2, 0) is 9.53 Å². The van der Waals surface area contributed by atoms with Crippen molar-refractivity contribution in [2.75, 3.05) is 13.7 Å². The summed E-state index contributed by atoms with van der Waals surface area (Å²) in [4.78, 5) is 33.8. The number of hydrogen-bond donors (Lipinski definition) is 2. The lowest BCUT2D eigenvalue weighted by Crippen LogP contribution is -2.73. The maximum absolute atomic E-state index is 13.6. The number of esters is 1. The minimum atomic E-state index is -5.44. The molecule has 0 bridgehead atoms. The van der Waals surface area contributed by atoms with Crippen LogP contribution in [0, 0.1) is 16.0 Å². The molecule has 26 heavy (non-hydrogen) atoms. The molecular formula is C13H14F3N3O7. The Morgan fingerprint density at radius 1 is 1.54 bits per heavy atom. The van der Waals surface area contributed by atoms with E-state index in [-0.39, 0.29) is 11.5 Å². The molecule has 1 aromatic rings. The van der Waals surface area contributed by atoms with Gasteiger partial charge in [-0.25, -0.2) is 4.79 Å². The summed E-state index contributed by atoms with van der Waals surface area (Å²) in [5, 5.41) is 23.1. The van der Waals surface area contributed by atoms with E-state index in [4.69, 9.17) is 4.42 Å². The number of halogens is 3. The number of carbonyl (C=O) groups excluding carboxylic acids is 2. The summed E-state index contributed by atoms with van der Waals surface area (Å²) in [5.74, 6) is -5.19. The molecule has 1 aliphatic rings. The van der Waals surface area contributed by atoms with E-state index in [9.17, 15) is 38.0 Å². The van der Waals surface area contributed by atoms with Crippen molar-refractivity contribution in [2.45, 2.75) is 24.9 Å². The van der Waals surface area contributed by atoms with E-state index >= 15 is 0 Å². The van der Waals surface area contributed by atoms with Crippen LogP contribution < -0.4 is 5.32 Å². The molecule has 144 valence electrons. The Labute approximate surface area is 143 Å². The Bertz CT molecular complexity index is 735. The summed E-state index contributed by atoms with van der Waals surface area (Å²) < 4.78 is 50.2. The van der Waals surface area contributed by atoms with Crippen LogP contribution in [0.15, 0.2) is 16.5 Å². The van der Waals surface area contributed by atoms with Gasteiger partial charge in [0.25, 0.3) is 5.72 Å². The molecule has 0 radical (unpaired) electrons. The average Bonchev–Trinajstić information content (AvgIpc) is 3.01. The van der Waals surface area contributed by atoms with E-state index in [1.54, 1.807) is 0 Å². The summed E-state index contributed by atoms with van der Waals surface area (Å²) in [6.45, 7) is 1.04. The molecule has 0 saturated carbocycles. The summed E-state index contributed by atoms with van der Waals surface area (Å²) >= 11 is 0. The second-order valence-electron chi connectivity index (χ2n) is 5.37. The van der Waals surface area contributed by atoms with Crippen LogP contribution in [0.3, 0.4) is 0 Å². The number of rotatable bonds is 4. The third-order valence-corrected chi connectivity index (χ3v) is 3.92. The maximum atomic E-state index is 13.6. The number of ether oxygens (including phenoxy) is 1. The van der Waals surface area contributed by atoms with Gasteiger partial charge in [0.15, 0.2) is 0 Å². The van der Waals surface area contributed by atoms with Crippen LogP contribution in [0.1, 0.15) is 18.7 Å². The molecule has 13 heteroatoms. The first-order valence-corrected chi connectivity index (χ1v) is 7.19. The first-order chi connectivity index (χ1) is 11.9. The van der Waals surface area contributed by atoms with Gasteiger partial charge in [-0.15, -0.1) is 0 Å². The van der Waals surface area contributed by atoms with E-state index in [0.717, 1.165) is 12.1 Å². The van der Waals surface area contributed by atoms with Crippen molar-refractivity contribution in [3.8, 4) is 0 Å². The lowest BCUT2D eigenvalue weighted by Gasteiger charge is -2.48. The topological polar surface area (TPSA) is 135 Å². The first kappa shape index (κ1) is 19.5. The molecule has 0 spiro atoms. The van der Waals surface area contributed by atoms with Crippen molar-refractivity contribution in [3.05, 3.63) is 28.0 Å². The van der Waals surface area contributed by atoms with Gasteiger partial charge >= 0.3 is 24.1 Å². The molecule has 2 N–H and O–H groups in total. The number of furan rings is 1. The predicted octanol–water partition coefficient (Wildman–Crippen LogP) is 1.31. The zero-order chi connectivity index (χ0) is 19.9. The quantitative estimate of drug-likeness (QED) is 0.456. The van der Waals surface area contributed by atoms with Crippen molar-refractivity contribution in [1.82, 2.24) is 10.2 Å². The van der Waals surface area contributed by atoms with Crippen LogP contribution in [0.2, 0.25) is 0 Å². The maximum Gasteiger partial charge on any atom is 0.437 e. The SMILES string of the molecule is CCOC(=O)[C@@H]1[C@H](c2ccc([N+](=O)[O-])o2)NC(=O)N(C)[C@@]1(O)C(F)(F)F. The van der Waals surface area contributed by atoms with Crippen LogP contribution in [0.4, 0.5) is 23.8 Å². The zero-order valence-corrected chi connectivity index (χ0v) is 13.4. The molecule has 0 aliphatic carbocycles. The Morgan fingerprint density at radius 3 is 2.62 bits per heavy atom. The van der Waals surface area contributed by atoms with Gasteiger partial charge in [0.1, 0.15) is 22.6 Å². The number of alkyl halides is 3. The van der Waals surface area contributed by atoms with E-state index in [2.05, 4.69) is 10.1 Å². The molecule has 3 atom stereocenters. The van der Waals surface area contributed by atoms with Gasteiger partial charge in [-0.1, -0.05) is 0 Å². The highest BCUT2D eigenvalue weighted by Gasteiger charge is 2.70. The number of urea groups is 1. The number of aliphatic hydroxyl groups is 1. The average molecular weight is 381 g/mol. The minimum Gasteiger partial charge on any atom is -0.466 e. The molecule has 1 fully saturated rings. The van der Waals surface area contributed by atoms with E-state index in [1.165, 1.54) is 6.92 Å². The van der Waals surface area contributed by atoms with Crippen molar-refractivity contribution >= 4 is 17.9 Å². The van der Waals surface area contributed by atoms with Gasteiger partial charge in [0, 0.05) is 7.05 Å². The number of hydrogen-bond acceptors (Lipinski definition) is 7. The highest BCUT2D eigenvalue weighted by Crippen LogP contribution is 2.47. The van der Waals surface area contributed by atoms with E-state index in [0.29, 0.717) is 7.05 Å². The smallest absolute Gasteiger partial charge is 0.437 e. The molecular weight excluding hydrogens is 367 g/mol. The fourth-order valence-electron chi connectivity index (χ4n) is 2.65. The highest BCUT2D eigenvalue weighted by atomic mass is 19.4. The van der Waals surface area contributed by atoms with Crippen molar-refractivity contribution in [1.29, 1.82) is 0 Å². The standard InChI is InChI=1S/C13H14F3N3O7/c1-3-25-10(20)8-9(6-4-5-7(26-6)19(23)24)17-11(21)18(2)12(8,22)13(14,15)16/h4-5,8-9,22H,3H2,1-2H3,(H,17,21)/t8-,9-,12-/m0/s1. The largest absolute Gasteiger partial charge is 0.466 e. The van der Waals surface area contributed by atoms with Gasteiger partial charge < -0.3 is 19.6 Å². The van der Waals surface area contributed by atoms with Crippen LogP contribution in [0.25, 0.3) is 0 Å². The molecule has 2 amide bonds. The predicted molar refractivity (Wildman–Crippen MR) is 75.5 cm³/mol. The molecule has 1 aliphatic heterocycles. The van der Waals surface area contributed by atoms with Crippen molar-refractivity contribution in [3.63, 3.8) is 0 Å². The van der Waals surface area contributed by atoms with Crippen molar-refractivity contribution < 1.29 is 41.9 Å². The fourth-order valence-corrected chi connectivity index (χ4v) is 2.65. The molecule has 0 aromatic carbocycles. The van der Waals surface area contributed by atoms with Gasteiger partial charge in [0.05, 0.1) is 12.7 Å². The number of nitrogens with one attached hydrogen (secondary N) is 1. The van der Waals surface area contributed by atoms with E-state index < -0.39 is 52.4 Å². The Morgan fingerprint density at radius 2 is 2.15 bits per heavy atom. The van der Waals surface area contributed by atoms with Gasteiger partial charge in [-0.3, -0.25) is 19.8 Å². The highest BCUT2D eigenvalue weighted by molar-refractivity contribution is 5.83. The number of nitro groups is 1. The number of carbonyl (C=O) groups is 2. The summed E-state index contributed by atoms with van der Waals surface area (Å²) in [6.07, 6.45) is -5.44. The summed E-state index contributed by atoms with van der Waals surface area (Å²) in [7, 11) is 0.649. The molecule has 1 aromatic heterocycles. The Kier molecular flexibility index (Phi) is 4.86. The monoisotopic (exact) mass is 381 g/mol. The van der Waals surface area contributed by atoms with Crippen LogP contribution >= 0.6 is 0 Å². The summed E-state index contributed by atoms with van der Waals surface area (Å²) in [5.41, 5.74) is -3.92. The minimum absolute atomic E-state index is 0.0809. The van der Waals surface area contributed by atoms with Crippen molar-refractivity contribution in [2.24, 2.45) is 5.92 Å². The first-order valence-electron chi connectivity index (χ1n) is 7.19. The molecule has 2 rings (SSSR count).